The Hall–Kier alpha value is -1.38. The van der Waals surface area contributed by atoms with E-state index in [-0.39, 0.29) is 106 Å². The summed E-state index contributed by atoms with van der Waals surface area (Å²) >= 11 is 35.0. The third kappa shape index (κ3) is 8.28. The van der Waals surface area contributed by atoms with Crippen LogP contribution in [0.25, 0.3) is 0 Å². The van der Waals surface area contributed by atoms with Gasteiger partial charge in [-0.2, -0.15) is 0 Å². The minimum Gasteiger partial charge on any atom is -0.506 e. The minimum atomic E-state index is -1.53. The van der Waals surface area contributed by atoms with Gasteiger partial charge in [0.2, 0.25) is 0 Å². The first-order valence-corrected chi connectivity index (χ1v) is 21.7. The van der Waals surface area contributed by atoms with Crippen LogP contribution in [0.15, 0.2) is 41.6 Å². The number of rotatable bonds is 13. The van der Waals surface area contributed by atoms with E-state index in [9.17, 15) is 24.2 Å². The lowest BCUT2D eigenvalue weighted by atomic mass is 9.74. The van der Waals surface area contributed by atoms with Gasteiger partial charge in [-0.1, -0.05) is 63.7 Å². The van der Waals surface area contributed by atoms with Crippen molar-refractivity contribution < 1.29 is 43.2 Å². The third-order valence-electron chi connectivity index (χ3n) is 8.52. The molecule has 2 aliphatic rings. The molecule has 11 nitrogen and oxygen atoms in total. The van der Waals surface area contributed by atoms with Gasteiger partial charge >= 0.3 is 0 Å². The number of nitrogens with one attached hydrogen (secondary N) is 1. The number of fused-ring (bicyclic) bond motifs is 6. The maximum atomic E-state index is 14.6. The number of aromatic hydroxyl groups is 2. The zero-order valence-electron chi connectivity index (χ0n) is 27.6. The highest BCUT2D eigenvalue weighted by molar-refractivity contribution is 14.1. The lowest BCUT2D eigenvalue weighted by molar-refractivity contribution is -0.125. The number of ether oxygens (including phenoxy) is 3. The van der Waals surface area contributed by atoms with Crippen LogP contribution in [0.4, 0.5) is 4.39 Å². The van der Waals surface area contributed by atoms with Crippen molar-refractivity contribution in [3.8, 4) is 23.0 Å². The summed E-state index contributed by atoms with van der Waals surface area (Å²) in [5.74, 6) is -0.830. The highest BCUT2D eigenvalue weighted by Gasteiger charge is 2.60. The monoisotopic (exact) mass is 1280 g/mol. The average Bonchev–Trinajstić information content (AvgIpc) is 3.42. The van der Waals surface area contributed by atoms with Crippen LogP contribution in [0.3, 0.4) is 0 Å². The van der Waals surface area contributed by atoms with Crippen LogP contribution >= 0.6 is 137 Å². The molecule has 0 saturated heterocycles. The van der Waals surface area contributed by atoms with Crippen LogP contribution in [-0.4, -0.2) is 79.3 Å². The van der Waals surface area contributed by atoms with Gasteiger partial charge in [0.15, 0.2) is 18.1 Å². The molecule has 0 aliphatic carbocycles. The Balaban J connectivity index is 1.18. The van der Waals surface area contributed by atoms with Crippen LogP contribution in [0.2, 0.25) is 20.1 Å². The zero-order valence-corrected chi connectivity index (χ0v) is 39.3. The minimum absolute atomic E-state index is 0.00240. The molecule has 6 rings (SSSR count). The Kier molecular flexibility index (Phi) is 14.3. The summed E-state index contributed by atoms with van der Waals surface area (Å²) < 4.78 is 32.7. The van der Waals surface area contributed by atoms with E-state index in [1.54, 1.807) is 17.0 Å². The number of nitrogens with zero attached hydrogens (tertiary/aromatic N) is 2. The third-order valence-corrected chi connectivity index (χ3v) is 14.0. The molecule has 0 aromatic heterocycles. The van der Waals surface area contributed by atoms with E-state index in [1.807, 2.05) is 90.4 Å². The molecular weight excluding hydrogens is 1260 g/mol. The summed E-state index contributed by atoms with van der Waals surface area (Å²) in [5.41, 5.74) is 0.360. The maximum absolute atomic E-state index is 14.6. The van der Waals surface area contributed by atoms with E-state index < -0.39 is 17.4 Å². The van der Waals surface area contributed by atoms with Crippen LogP contribution < -0.4 is 10.1 Å². The second-order valence-electron chi connectivity index (χ2n) is 11.7. The van der Waals surface area contributed by atoms with Gasteiger partial charge in [-0.05, 0) is 120 Å². The summed E-state index contributed by atoms with van der Waals surface area (Å²) in [6.07, 6.45) is 1.37. The molecule has 2 heterocycles. The molecule has 55 heavy (non-hydrogen) atoms. The summed E-state index contributed by atoms with van der Waals surface area (Å²) in [5, 5.41) is 28.2. The first kappa shape index (κ1) is 43.2. The van der Waals surface area contributed by atoms with E-state index in [4.69, 9.17) is 65.5 Å². The van der Waals surface area contributed by atoms with Crippen LogP contribution in [0.5, 0.6) is 23.0 Å². The SMILES string of the molecule is O=C(CO/N=C/c1ccc(F)cc1)NCCOCCOCCN1C(=O)c2c(Cl)c(Cl)c(Cl)c(Cl)c2C12c1cc(I)c(O)c(I)c1Oc1c2cc(I)c(O)c1I. The molecule has 0 unspecified atom stereocenters. The van der Waals surface area contributed by atoms with Gasteiger partial charge in [0.05, 0.1) is 72.6 Å². The number of benzene rings is 4. The van der Waals surface area contributed by atoms with Gasteiger partial charge in [-0.15, -0.1) is 0 Å². The van der Waals surface area contributed by atoms with E-state index >= 15 is 0 Å². The summed E-state index contributed by atoms with van der Waals surface area (Å²) in [6.45, 7) is 0.476. The summed E-state index contributed by atoms with van der Waals surface area (Å²) in [4.78, 5) is 33.2. The Bertz CT molecular complexity index is 2170. The fraction of sp³-hybridized carbons (Fsp3) is 0.229. The lowest BCUT2D eigenvalue weighted by Crippen LogP contribution is -2.49. The molecule has 3 N–H and O–H groups in total. The van der Waals surface area contributed by atoms with Crippen molar-refractivity contribution in [2.45, 2.75) is 5.54 Å². The fourth-order valence-electron chi connectivity index (χ4n) is 6.12. The number of amides is 2. The maximum Gasteiger partial charge on any atom is 0.260 e. The molecule has 0 saturated carbocycles. The molecule has 20 heteroatoms. The van der Waals surface area contributed by atoms with E-state index in [0.29, 0.717) is 31.0 Å². The van der Waals surface area contributed by atoms with Crippen LogP contribution in [0, 0.1) is 20.1 Å². The number of carbonyl (C=O) groups is 2. The number of phenols is 2. The molecule has 2 amide bonds. The van der Waals surface area contributed by atoms with Gasteiger partial charge in [0, 0.05) is 29.8 Å². The molecule has 0 atom stereocenters. The van der Waals surface area contributed by atoms with Gasteiger partial charge in [-0.25, -0.2) is 4.39 Å². The van der Waals surface area contributed by atoms with Crippen molar-refractivity contribution in [3.05, 3.63) is 104 Å². The van der Waals surface area contributed by atoms with Crippen molar-refractivity contribution in [2.24, 2.45) is 5.16 Å². The predicted octanol–water partition coefficient (Wildman–Crippen LogP) is 9.32. The molecule has 2 aliphatic heterocycles. The first-order chi connectivity index (χ1) is 26.2. The molecule has 0 bridgehead atoms. The highest BCUT2D eigenvalue weighted by atomic mass is 127. The largest absolute Gasteiger partial charge is 0.506 e. The van der Waals surface area contributed by atoms with E-state index in [0.717, 1.165) is 0 Å². The zero-order chi connectivity index (χ0) is 39.8. The van der Waals surface area contributed by atoms with E-state index in [1.165, 1.54) is 30.5 Å². The van der Waals surface area contributed by atoms with Crippen LogP contribution in [0.1, 0.15) is 32.6 Å². The van der Waals surface area contributed by atoms with Gasteiger partial charge in [0.25, 0.3) is 11.8 Å². The second kappa shape index (κ2) is 18.3. The van der Waals surface area contributed by atoms with Gasteiger partial charge in [-0.3, -0.25) is 9.59 Å². The fourth-order valence-corrected chi connectivity index (χ4v) is 10.8. The van der Waals surface area contributed by atoms with Crippen LogP contribution in [-0.2, 0) is 24.6 Å². The average molecular weight is 1280 g/mol. The number of hydrogen-bond donors (Lipinski definition) is 3. The van der Waals surface area contributed by atoms with Crippen molar-refractivity contribution in [1.82, 2.24) is 10.2 Å². The molecule has 4 aromatic rings. The predicted molar refractivity (Wildman–Crippen MR) is 239 cm³/mol. The van der Waals surface area contributed by atoms with Crippen molar-refractivity contribution in [2.75, 3.05) is 46.1 Å². The Morgan fingerprint density at radius 3 is 2.04 bits per heavy atom. The Labute approximate surface area is 388 Å². The molecular formula is C35H24Cl4FI4N3O8. The normalized spacial score (nSPS) is 13.9. The lowest BCUT2D eigenvalue weighted by Gasteiger charge is -2.45. The Morgan fingerprint density at radius 1 is 0.873 bits per heavy atom. The molecule has 0 fully saturated rings. The number of halogens is 9. The van der Waals surface area contributed by atoms with Crippen molar-refractivity contribution >= 4 is 155 Å². The number of phenolic OH excluding ortho intramolecular Hbond substituents is 2. The topological polar surface area (TPSA) is 139 Å². The Morgan fingerprint density at radius 2 is 1.44 bits per heavy atom. The number of carbonyl (C=O) groups excluding carboxylic acids is 2. The van der Waals surface area contributed by atoms with Crippen molar-refractivity contribution in [1.29, 1.82) is 0 Å². The van der Waals surface area contributed by atoms with Crippen molar-refractivity contribution in [3.63, 3.8) is 0 Å². The standard InChI is InChI=1S/C35H24Cl4FI4N3O8/c36-24-22-23(25(37)27(39)26(24)38)35(17-11-19(41)30(49)28(43)32(17)55-33-18(35)12-20(42)31(50)29(33)44)47(34(22)51)6-8-53-10-9-52-7-5-45-21(48)14-54-46-13-15-1-3-16(40)4-2-15/h1-4,11-13,49-50H,5-10,14H2,(H,45,48)/b46-13+. The smallest absolute Gasteiger partial charge is 0.260 e. The summed E-state index contributed by atoms with van der Waals surface area (Å²) in [6, 6.07) is 9.05. The van der Waals surface area contributed by atoms with E-state index in [2.05, 4.69) is 10.5 Å². The van der Waals surface area contributed by atoms with Gasteiger partial charge in [0.1, 0.15) is 22.9 Å². The summed E-state index contributed by atoms with van der Waals surface area (Å²) in [7, 11) is 0. The quantitative estimate of drug-likeness (QED) is 0.0301. The molecule has 4 aromatic carbocycles. The second-order valence-corrected chi connectivity index (χ2v) is 17.7. The number of hydrogen-bond acceptors (Lipinski definition) is 9. The molecule has 0 radical (unpaired) electrons. The number of oxime groups is 1. The van der Waals surface area contributed by atoms with Gasteiger partial charge < -0.3 is 39.5 Å². The first-order valence-electron chi connectivity index (χ1n) is 15.8. The molecule has 1 spiro atoms. The molecule has 290 valence electrons. The highest BCUT2D eigenvalue weighted by Crippen LogP contribution is 2.64.